The van der Waals surface area contributed by atoms with Crippen LogP contribution in [0.5, 0.6) is 5.75 Å². The molecule has 0 fully saturated rings. The average molecular weight is 218 g/mol. The summed E-state index contributed by atoms with van der Waals surface area (Å²) >= 11 is 0. The number of nitrogens with zero attached hydrogens (tertiary/aromatic N) is 1. The van der Waals surface area contributed by atoms with Gasteiger partial charge in [0.15, 0.2) is 5.89 Å². The van der Waals surface area contributed by atoms with E-state index in [0.717, 1.165) is 11.3 Å². The van der Waals surface area contributed by atoms with Crippen LogP contribution in [0, 0.1) is 0 Å². The highest BCUT2D eigenvalue weighted by atomic mass is 16.3. The van der Waals surface area contributed by atoms with E-state index in [1.807, 2.05) is 19.1 Å². The quantitative estimate of drug-likeness (QED) is 0.826. The molecule has 0 amide bonds. The zero-order valence-electron chi connectivity index (χ0n) is 9.05. The lowest BCUT2D eigenvalue weighted by Gasteiger charge is -1.98. The fourth-order valence-corrected chi connectivity index (χ4v) is 1.40. The number of aromatic hydroxyl groups is 1. The van der Waals surface area contributed by atoms with Crippen molar-refractivity contribution >= 4 is 0 Å². The molecule has 0 aliphatic heterocycles. The van der Waals surface area contributed by atoms with Gasteiger partial charge in [-0.05, 0) is 24.6 Å². The van der Waals surface area contributed by atoms with Gasteiger partial charge in [-0.15, -0.1) is 0 Å². The molecule has 1 aromatic heterocycles. The molecule has 84 valence electrons. The molecule has 1 unspecified atom stereocenters. The normalized spacial score (nSPS) is 12.6. The summed E-state index contributed by atoms with van der Waals surface area (Å²) in [5.41, 5.74) is 7.48. The first-order valence-electron chi connectivity index (χ1n) is 5.13. The van der Waals surface area contributed by atoms with E-state index in [2.05, 4.69) is 4.98 Å². The van der Waals surface area contributed by atoms with Crippen molar-refractivity contribution in [3.8, 4) is 5.75 Å². The smallest absolute Gasteiger partial charge is 0.198 e. The second-order valence-corrected chi connectivity index (χ2v) is 3.80. The maximum Gasteiger partial charge on any atom is 0.198 e. The number of aromatic nitrogens is 1. The van der Waals surface area contributed by atoms with Crippen LogP contribution >= 0.6 is 0 Å². The van der Waals surface area contributed by atoms with Crippen LogP contribution in [0.3, 0.4) is 0 Å². The minimum Gasteiger partial charge on any atom is -0.508 e. The Balaban J connectivity index is 2.11. The van der Waals surface area contributed by atoms with Crippen LogP contribution in [0.2, 0.25) is 0 Å². The lowest BCUT2D eigenvalue weighted by Crippen LogP contribution is -2.05. The fourth-order valence-electron chi connectivity index (χ4n) is 1.40. The first-order chi connectivity index (χ1) is 7.65. The van der Waals surface area contributed by atoms with E-state index in [9.17, 15) is 0 Å². The summed E-state index contributed by atoms with van der Waals surface area (Å²) in [6.07, 6.45) is 2.19. The molecule has 4 heteroatoms. The summed E-state index contributed by atoms with van der Waals surface area (Å²) in [4.78, 5) is 4.27. The van der Waals surface area contributed by atoms with Gasteiger partial charge in [0.25, 0.3) is 0 Å². The van der Waals surface area contributed by atoms with Crippen molar-refractivity contribution in [3.05, 3.63) is 47.7 Å². The molecule has 0 spiro atoms. The van der Waals surface area contributed by atoms with Crippen LogP contribution < -0.4 is 5.73 Å². The van der Waals surface area contributed by atoms with Gasteiger partial charge in [0, 0.05) is 12.5 Å². The molecule has 0 radical (unpaired) electrons. The van der Waals surface area contributed by atoms with E-state index in [1.54, 1.807) is 18.4 Å². The van der Waals surface area contributed by atoms with Crippen molar-refractivity contribution in [1.29, 1.82) is 0 Å². The van der Waals surface area contributed by atoms with Gasteiger partial charge in [-0.2, -0.15) is 0 Å². The van der Waals surface area contributed by atoms with Crippen LogP contribution in [0.15, 0.2) is 34.9 Å². The lowest BCUT2D eigenvalue weighted by molar-refractivity contribution is 0.474. The summed E-state index contributed by atoms with van der Waals surface area (Å²) in [5.74, 6) is 0.894. The summed E-state index contributed by atoms with van der Waals surface area (Å²) in [6.45, 7) is 1.86. The highest BCUT2D eigenvalue weighted by molar-refractivity contribution is 5.27. The Labute approximate surface area is 93.7 Å². The summed E-state index contributed by atoms with van der Waals surface area (Å²) < 4.78 is 5.31. The van der Waals surface area contributed by atoms with Gasteiger partial charge in [0.05, 0.1) is 5.69 Å². The van der Waals surface area contributed by atoms with Crippen molar-refractivity contribution in [2.24, 2.45) is 5.73 Å². The Morgan fingerprint density at radius 3 is 2.62 bits per heavy atom. The molecule has 16 heavy (non-hydrogen) atoms. The van der Waals surface area contributed by atoms with Crippen LogP contribution in [0.1, 0.15) is 30.1 Å². The molecule has 0 saturated heterocycles. The predicted octanol–water partition coefficient (Wildman–Crippen LogP) is 1.99. The molecule has 3 N–H and O–H groups in total. The summed E-state index contributed by atoms with van der Waals surface area (Å²) in [7, 11) is 0. The summed E-state index contributed by atoms with van der Waals surface area (Å²) in [5, 5.41) is 9.14. The second kappa shape index (κ2) is 4.37. The molecule has 0 bridgehead atoms. The van der Waals surface area contributed by atoms with Crippen molar-refractivity contribution in [2.45, 2.75) is 19.4 Å². The highest BCUT2D eigenvalue weighted by Crippen LogP contribution is 2.15. The van der Waals surface area contributed by atoms with Crippen LogP contribution in [0.25, 0.3) is 0 Å². The maximum atomic E-state index is 9.14. The number of hydrogen-bond donors (Lipinski definition) is 2. The Morgan fingerprint density at radius 1 is 1.38 bits per heavy atom. The standard InChI is InChI=1S/C12H14N2O2/c1-8(13)11-7-16-12(14-11)6-9-2-4-10(15)5-3-9/h2-5,7-8,15H,6,13H2,1H3. The average Bonchev–Trinajstić information content (AvgIpc) is 2.70. The van der Waals surface area contributed by atoms with Gasteiger partial charge in [-0.1, -0.05) is 12.1 Å². The first-order valence-corrected chi connectivity index (χ1v) is 5.13. The third-order valence-electron chi connectivity index (χ3n) is 2.33. The van der Waals surface area contributed by atoms with Gasteiger partial charge in [0.2, 0.25) is 0 Å². The molecule has 1 aromatic carbocycles. The van der Waals surface area contributed by atoms with E-state index >= 15 is 0 Å². The summed E-state index contributed by atoms with van der Waals surface area (Å²) in [6, 6.07) is 6.85. The van der Waals surface area contributed by atoms with Crippen molar-refractivity contribution < 1.29 is 9.52 Å². The monoisotopic (exact) mass is 218 g/mol. The van der Waals surface area contributed by atoms with E-state index < -0.39 is 0 Å². The Kier molecular flexibility index (Phi) is 2.92. The van der Waals surface area contributed by atoms with E-state index in [1.165, 1.54) is 0 Å². The van der Waals surface area contributed by atoms with Crippen molar-refractivity contribution in [2.75, 3.05) is 0 Å². The molecule has 2 rings (SSSR count). The fraction of sp³-hybridized carbons (Fsp3) is 0.250. The molecule has 1 heterocycles. The van der Waals surface area contributed by atoms with Gasteiger partial charge in [0.1, 0.15) is 12.0 Å². The zero-order chi connectivity index (χ0) is 11.5. The number of hydrogen-bond acceptors (Lipinski definition) is 4. The Morgan fingerprint density at radius 2 is 2.06 bits per heavy atom. The van der Waals surface area contributed by atoms with Gasteiger partial charge < -0.3 is 15.3 Å². The van der Waals surface area contributed by atoms with Gasteiger partial charge in [-0.25, -0.2) is 4.98 Å². The van der Waals surface area contributed by atoms with Crippen LogP contribution in [-0.2, 0) is 6.42 Å². The number of phenolic OH excluding ortho intramolecular Hbond substituents is 1. The Bertz CT molecular complexity index is 460. The van der Waals surface area contributed by atoms with Crippen LogP contribution in [-0.4, -0.2) is 10.1 Å². The third-order valence-corrected chi connectivity index (χ3v) is 2.33. The first kappa shape index (κ1) is 10.7. The topological polar surface area (TPSA) is 72.3 Å². The molecule has 0 aliphatic rings. The van der Waals surface area contributed by atoms with Crippen molar-refractivity contribution in [1.82, 2.24) is 4.98 Å². The molecule has 0 saturated carbocycles. The van der Waals surface area contributed by atoms with E-state index in [4.69, 9.17) is 15.3 Å². The minimum atomic E-state index is -0.114. The van der Waals surface area contributed by atoms with Gasteiger partial charge in [-0.3, -0.25) is 0 Å². The number of rotatable bonds is 3. The highest BCUT2D eigenvalue weighted by Gasteiger charge is 2.07. The number of nitrogens with two attached hydrogens (primary N) is 1. The SMILES string of the molecule is CC(N)c1coc(Cc2ccc(O)cc2)n1. The minimum absolute atomic E-state index is 0.114. The molecule has 2 aromatic rings. The molecule has 1 atom stereocenters. The number of oxazole rings is 1. The molecular weight excluding hydrogens is 204 g/mol. The van der Waals surface area contributed by atoms with E-state index in [0.29, 0.717) is 12.3 Å². The zero-order valence-corrected chi connectivity index (χ0v) is 9.05. The van der Waals surface area contributed by atoms with Crippen LogP contribution in [0.4, 0.5) is 0 Å². The lowest BCUT2D eigenvalue weighted by atomic mass is 10.1. The maximum absolute atomic E-state index is 9.14. The molecular formula is C12H14N2O2. The largest absolute Gasteiger partial charge is 0.508 e. The number of benzene rings is 1. The second-order valence-electron chi connectivity index (χ2n) is 3.80. The molecule has 0 aliphatic carbocycles. The third kappa shape index (κ3) is 2.41. The number of phenols is 1. The van der Waals surface area contributed by atoms with Gasteiger partial charge >= 0.3 is 0 Å². The predicted molar refractivity (Wildman–Crippen MR) is 60.0 cm³/mol. The Hall–Kier alpha value is -1.81. The van der Waals surface area contributed by atoms with E-state index in [-0.39, 0.29) is 11.8 Å². The van der Waals surface area contributed by atoms with Crippen molar-refractivity contribution in [3.63, 3.8) is 0 Å². The molecule has 4 nitrogen and oxygen atoms in total.